The van der Waals surface area contributed by atoms with Gasteiger partial charge >= 0.3 is 0 Å². The summed E-state index contributed by atoms with van der Waals surface area (Å²) in [5.41, 5.74) is 1.84. The third-order valence-electron chi connectivity index (χ3n) is 3.90. The summed E-state index contributed by atoms with van der Waals surface area (Å²) in [6.45, 7) is 15.0. The summed E-state index contributed by atoms with van der Waals surface area (Å²) < 4.78 is 7.95. The van der Waals surface area contributed by atoms with Crippen LogP contribution < -0.4 is 5.32 Å². The number of aromatic nitrogens is 2. The van der Waals surface area contributed by atoms with Gasteiger partial charge in [0.25, 0.3) is 0 Å². The lowest BCUT2D eigenvalue weighted by Gasteiger charge is -2.35. The Morgan fingerprint density at radius 3 is 2.43 bits per heavy atom. The van der Waals surface area contributed by atoms with Gasteiger partial charge in [-0.25, -0.2) is 0 Å². The number of nitrogens with one attached hydrogen (secondary N) is 1. The molecule has 0 bridgehead atoms. The quantitative estimate of drug-likeness (QED) is 0.758. The summed E-state index contributed by atoms with van der Waals surface area (Å²) >= 11 is 6.53. The van der Waals surface area contributed by atoms with Crippen molar-refractivity contribution in [2.75, 3.05) is 13.2 Å². The first-order valence-electron chi connectivity index (χ1n) is 8.02. The van der Waals surface area contributed by atoms with Crippen LogP contribution in [0.3, 0.4) is 0 Å². The van der Waals surface area contributed by atoms with Crippen molar-refractivity contribution < 1.29 is 4.74 Å². The minimum atomic E-state index is -0.247. The molecular weight excluding hydrogens is 286 g/mol. The molecule has 0 amide bonds. The maximum absolute atomic E-state index is 6.53. The maximum Gasteiger partial charge on any atom is 0.0850 e. The average molecular weight is 316 g/mol. The Morgan fingerprint density at radius 2 is 1.95 bits per heavy atom. The lowest BCUT2D eigenvalue weighted by molar-refractivity contribution is -0.0380. The molecule has 1 N–H and O–H groups in total. The highest BCUT2D eigenvalue weighted by atomic mass is 35.5. The fourth-order valence-electron chi connectivity index (χ4n) is 2.69. The van der Waals surface area contributed by atoms with Gasteiger partial charge in [0.15, 0.2) is 0 Å². The van der Waals surface area contributed by atoms with Gasteiger partial charge in [-0.1, -0.05) is 25.4 Å². The minimum Gasteiger partial charge on any atom is -0.374 e. The molecule has 0 aromatic carbocycles. The van der Waals surface area contributed by atoms with Crippen molar-refractivity contribution in [2.24, 2.45) is 0 Å². The van der Waals surface area contributed by atoms with Crippen LogP contribution in [0.2, 0.25) is 5.02 Å². The monoisotopic (exact) mass is 315 g/mol. The van der Waals surface area contributed by atoms with Gasteiger partial charge in [-0.2, -0.15) is 5.10 Å². The van der Waals surface area contributed by atoms with E-state index in [1.165, 1.54) is 0 Å². The van der Waals surface area contributed by atoms with E-state index >= 15 is 0 Å². The maximum atomic E-state index is 6.53. The van der Waals surface area contributed by atoms with E-state index in [1.807, 2.05) is 11.6 Å². The van der Waals surface area contributed by atoms with Crippen LogP contribution in [-0.4, -0.2) is 34.6 Å². The normalized spacial score (nSPS) is 13.7. The van der Waals surface area contributed by atoms with Crippen LogP contribution in [-0.2, 0) is 24.1 Å². The Bertz CT molecular complexity index is 443. The van der Waals surface area contributed by atoms with Crippen molar-refractivity contribution in [1.29, 1.82) is 0 Å². The molecule has 1 rings (SSSR count). The first kappa shape index (κ1) is 18.5. The number of likely N-dealkylation sites (N-methyl/N-ethyl adjacent to an activating group) is 1. The summed E-state index contributed by atoms with van der Waals surface area (Å²) in [5.74, 6) is 0. The van der Waals surface area contributed by atoms with Gasteiger partial charge in [0, 0.05) is 25.6 Å². The van der Waals surface area contributed by atoms with Crippen molar-refractivity contribution in [1.82, 2.24) is 15.1 Å². The number of ether oxygens (including phenoxy) is 1. The van der Waals surface area contributed by atoms with Gasteiger partial charge in [0.2, 0.25) is 0 Å². The molecule has 1 aromatic rings. The van der Waals surface area contributed by atoms with Gasteiger partial charge < -0.3 is 10.1 Å². The van der Waals surface area contributed by atoms with E-state index < -0.39 is 0 Å². The molecule has 21 heavy (non-hydrogen) atoms. The van der Waals surface area contributed by atoms with E-state index in [0.717, 1.165) is 42.3 Å². The molecular formula is C16H30ClN3O. The van der Waals surface area contributed by atoms with Crippen LogP contribution in [0.15, 0.2) is 0 Å². The first-order chi connectivity index (χ1) is 9.91. The van der Waals surface area contributed by atoms with Crippen LogP contribution in [0.1, 0.15) is 52.9 Å². The third kappa shape index (κ3) is 4.44. The second-order valence-corrected chi connectivity index (χ2v) is 6.11. The Kier molecular flexibility index (Phi) is 7.17. The summed E-state index contributed by atoms with van der Waals surface area (Å²) in [4.78, 5) is 0. The molecule has 0 aliphatic carbocycles. The Labute approximate surface area is 134 Å². The summed E-state index contributed by atoms with van der Waals surface area (Å²) in [6.07, 6.45) is 1.68. The van der Waals surface area contributed by atoms with Crippen LogP contribution in [0, 0.1) is 0 Å². The largest absolute Gasteiger partial charge is 0.374 e. The molecule has 1 atom stereocenters. The Balaban J connectivity index is 3.06. The lowest BCUT2D eigenvalue weighted by atomic mass is 9.93. The molecule has 0 spiro atoms. The van der Waals surface area contributed by atoms with Crippen LogP contribution in [0.5, 0.6) is 0 Å². The van der Waals surface area contributed by atoms with E-state index in [9.17, 15) is 0 Å². The second kappa shape index (κ2) is 8.16. The molecule has 1 aromatic heterocycles. The highest BCUT2D eigenvalue weighted by Crippen LogP contribution is 2.26. The van der Waals surface area contributed by atoms with Crippen molar-refractivity contribution in [3.8, 4) is 0 Å². The highest BCUT2D eigenvalue weighted by molar-refractivity contribution is 6.31. The number of hydrogen-bond donors (Lipinski definition) is 1. The van der Waals surface area contributed by atoms with Gasteiger partial charge in [0.1, 0.15) is 0 Å². The highest BCUT2D eigenvalue weighted by Gasteiger charge is 2.31. The molecule has 5 heteroatoms. The van der Waals surface area contributed by atoms with Gasteiger partial charge in [-0.15, -0.1) is 0 Å². The molecule has 0 aliphatic heterocycles. The van der Waals surface area contributed by atoms with Gasteiger partial charge in [-0.05, 0) is 40.7 Å². The zero-order chi connectivity index (χ0) is 16.0. The summed E-state index contributed by atoms with van der Waals surface area (Å²) in [5, 5.41) is 8.96. The third-order valence-corrected chi connectivity index (χ3v) is 4.33. The molecule has 0 radical (unpaired) electrons. The first-order valence-corrected chi connectivity index (χ1v) is 8.40. The smallest absolute Gasteiger partial charge is 0.0850 e. The van der Waals surface area contributed by atoms with Gasteiger partial charge in [0.05, 0.1) is 22.0 Å². The Hall–Kier alpha value is -0.580. The SMILES string of the molecule is CCNC(Cc1c(Cl)c(CC)nn1CC)C(C)(C)OCC. The van der Waals surface area contributed by atoms with E-state index in [-0.39, 0.29) is 11.6 Å². The summed E-state index contributed by atoms with van der Waals surface area (Å²) in [6, 6.07) is 0.201. The number of aryl methyl sites for hydroxylation is 2. The van der Waals surface area contributed by atoms with E-state index in [0.29, 0.717) is 6.61 Å². The molecule has 0 saturated heterocycles. The molecule has 1 unspecified atom stereocenters. The van der Waals surface area contributed by atoms with Crippen LogP contribution >= 0.6 is 11.6 Å². The average Bonchev–Trinajstić information content (AvgIpc) is 2.74. The number of halogens is 1. The topological polar surface area (TPSA) is 39.1 Å². The Morgan fingerprint density at radius 1 is 1.29 bits per heavy atom. The van der Waals surface area contributed by atoms with Crippen molar-refractivity contribution >= 4 is 11.6 Å². The molecule has 1 heterocycles. The molecule has 122 valence electrons. The zero-order valence-corrected chi connectivity index (χ0v) is 15.0. The van der Waals surface area contributed by atoms with Crippen LogP contribution in [0.4, 0.5) is 0 Å². The van der Waals surface area contributed by atoms with Crippen molar-refractivity contribution in [3.63, 3.8) is 0 Å². The molecule has 0 fully saturated rings. The number of nitrogens with zero attached hydrogens (tertiary/aromatic N) is 2. The number of hydrogen-bond acceptors (Lipinski definition) is 3. The van der Waals surface area contributed by atoms with E-state index in [4.69, 9.17) is 16.3 Å². The zero-order valence-electron chi connectivity index (χ0n) is 14.3. The fraction of sp³-hybridized carbons (Fsp3) is 0.812. The van der Waals surface area contributed by atoms with Crippen molar-refractivity contribution in [3.05, 3.63) is 16.4 Å². The molecule has 0 saturated carbocycles. The predicted octanol–water partition coefficient (Wildman–Crippen LogP) is 3.45. The summed E-state index contributed by atoms with van der Waals surface area (Å²) in [7, 11) is 0. The lowest BCUT2D eigenvalue weighted by Crippen LogP contribution is -2.50. The molecule has 0 aliphatic rings. The van der Waals surface area contributed by atoms with Gasteiger partial charge in [-0.3, -0.25) is 4.68 Å². The number of rotatable bonds is 9. The standard InChI is InChI=1S/C16H30ClN3O/c1-7-12-15(17)13(20(9-3)19-12)11-14(18-8-2)16(5,6)21-10-4/h14,18H,7-11H2,1-6H3. The predicted molar refractivity (Wildman–Crippen MR) is 89.2 cm³/mol. The fourth-order valence-corrected chi connectivity index (χ4v) is 3.03. The van der Waals surface area contributed by atoms with E-state index in [2.05, 4.69) is 45.0 Å². The van der Waals surface area contributed by atoms with Crippen LogP contribution in [0.25, 0.3) is 0 Å². The molecule has 4 nitrogen and oxygen atoms in total. The van der Waals surface area contributed by atoms with Crippen molar-refractivity contribution in [2.45, 2.75) is 72.6 Å². The minimum absolute atomic E-state index is 0.201. The second-order valence-electron chi connectivity index (χ2n) is 5.73. The van der Waals surface area contributed by atoms with E-state index in [1.54, 1.807) is 0 Å².